The molecule has 0 radical (unpaired) electrons. The van der Waals surface area contributed by atoms with Gasteiger partial charge in [0.25, 0.3) is 5.91 Å². The molecule has 22 heavy (non-hydrogen) atoms. The monoisotopic (exact) mass is 378 g/mol. The van der Waals surface area contributed by atoms with Crippen molar-refractivity contribution >= 4 is 21.8 Å². The molecule has 7 heteroatoms. The molecule has 1 aromatic carbocycles. The van der Waals surface area contributed by atoms with Gasteiger partial charge in [-0.05, 0) is 48.0 Å². The van der Waals surface area contributed by atoms with Crippen LogP contribution in [0.4, 0.5) is 13.2 Å². The Kier molecular flexibility index (Phi) is 5.17. The topological polar surface area (TPSA) is 23.6 Å². The lowest BCUT2D eigenvalue weighted by molar-refractivity contribution is -0.137. The first-order valence-electron chi connectivity index (χ1n) is 7.10. The van der Waals surface area contributed by atoms with Gasteiger partial charge in [-0.1, -0.05) is 0 Å². The lowest BCUT2D eigenvalue weighted by Gasteiger charge is -2.37. The molecule has 1 amide bonds. The third-order valence-corrected chi connectivity index (χ3v) is 4.55. The van der Waals surface area contributed by atoms with Crippen molar-refractivity contribution in [3.63, 3.8) is 0 Å². The molecule has 0 unspecified atom stereocenters. The van der Waals surface area contributed by atoms with Crippen molar-refractivity contribution in [3.05, 3.63) is 33.8 Å². The fraction of sp³-hybridized carbons (Fsp3) is 0.533. The fourth-order valence-corrected chi connectivity index (χ4v) is 2.89. The Hall–Kier alpha value is -1.08. The summed E-state index contributed by atoms with van der Waals surface area (Å²) in [6.45, 7) is 6.70. The number of nitrogens with zero attached hydrogens (tertiary/aromatic N) is 2. The van der Waals surface area contributed by atoms with E-state index in [0.717, 1.165) is 25.2 Å². The Labute approximate surface area is 136 Å². The highest BCUT2D eigenvalue weighted by Gasteiger charge is 2.32. The number of carbonyl (C=O) groups excluding carboxylic acids is 1. The maximum absolute atomic E-state index is 12.8. The average Bonchev–Trinajstić information content (AvgIpc) is 2.46. The summed E-state index contributed by atoms with van der Waals surface area (Å²) in [5, 5.41) is 0. The maximum atomic E-state index is 12.8. The van der Waals surface area contributed by atoms with Gasteiger partial charge in [0.1, 0.15) is 0 Å². The van der Waals surface area contributed by atoms with E-state index in [1.807, 2.05) is 0 Å². The number of halogens is 4. The van der Waals surface area contributed by atoms with Gasteiger partial charge in [0.15, 0.2) is 0 Å². The summed E-state index contributed by atoms with van der Waals surface area (Å²) < 4.78 is 38.8. The van der Waals surface area contributed by atoms with Crippen LogP contribution in [0.5, 0.6) is 0 Å². The zero-order valence-corrected chi connectivity index (χ0v) is 14.0. The van der Waals surface area contributed by atoms with Crippen molar-refractivity contribution < 1.29 is 18.0 Å². The van der Waals surface area contributed by atoms with Gasteiger partial charge in [0.2, 0.25) is 0 Å². The Morgan fingerprint density at radius 2 is 1.77 bits per heavy atom. The van der Waals surface area contributed by atoms with Crippen LogP contribution in [0.25, 0.3) is 0 Å². The lowest BCUT2D eigenvalue weighted by atomic mass is 10.1. The van der Waals surface area contributed by atoms with Crippen molar-refractivity contribution in [2.45, 2.75) is 26.1 Å². The van der Waals surface area contributed by atoms with Gasteiger partial charge in [0, 0.05) is 36.7 Å². The summed E-state index contributed by atoms with van der Waals surface area (Å²) in [6.07, 6.45) is -4.45. The number of hydrogen-bond acceptors (Lipinski definition) is 2. The van der Waals surface area contributed by atoms with E-state index in [0.29, 0.717) is 23.6 Å². The minimum atomic E-state index is -4.45. The average molecular weight is 379 g/mol. The van der Waals surface area contributed by atoms with Crippen LogP contribution in [0.2, 0.25) is 0 Å². The molecule has 1 heterocycles. The van der Waals surface area contributed by atoms with E-state index in [4.69, 9.17) is 0 Å². The number of carbonyl (C=O) groups is 1. The van der Waals surface area contributed by atoms with Gasteiger partial charge < -0.3 is 4.90 Å². The normalized spacial score (nSPS) is 17.1. The molecule has 0 spiro atoms. The molecular weight excluding hydrogens is 361 g/mol. The first-order valence-corrected chi connectivity index (χ1v) is 7.89. The van der Waals surface area contributed by atoms with Gasteiger partial charge in [0.05, 0.1) is 11.1 Å². The summed E-state index contributed by atoms with van der Waals surface area (Å²) in [6, 6.07) is 3.57. The third-order valence-electron chi connectivity index (χ3n) is 3.86. The molecule has 1 aliphatic heterocycles. The molecule has 0 aliphatic carbocycles. The second-order valence-electron chi connectivity index (χ2n) is 5.61. The molecule has 1 aromatic rings. The highest BCUT2D eigenvalue weighted by molar-refractivity contribution is 9.10. The van der Waals surface area contributed by atoms with Crippen molar-refractivity contribution in [1.82, 2.24) is 9.80 Å². The van der Waals surface area contributed by atoms with E-state index in [1.165, 1.54) is 6.07 Å². The summed E-state index contributed by atoms with van der Waals surface area (Å²) in [4.78, 5) is 16.3. The van der Waals surface area contributed by atoms with Crippen LogP contribution in [-0.4, -0.2) is 47.9 Å². The minimum Gasteiger partial charge on any atom is -0.336 e. The van der Waals surface area contributed by atoms with E-state index in [1.54, 1.807) is 4.90 Å². The molecule has 0 bridgehead atoms. The van der Waals surface area contributed by atoms with Crippen molar-refractivity contribution in [3.8, 4) is 0 Å². The molecule has 3 nitrogen and oxygen atoms in total. The fourth-order valence-electron chi connectivity index (χ4n) is 2.48. The minimum absolute atomic E-state index is 0.0628. The molecule has 0 atom stereocenters. The van der Waals surface area contributed by atoms with Crippen LogP contribution in [-0.2, 0) is 6.18 Å². The summed E-state index contributed by atoms with van der Waals surface area (Å²) >= 11 is 3.17. The third kappa shape index (κ3) is 3.81. The number of alkyl halides is 3. The Bertz CT molecular complexity index is 552. The smallest absolute Gasteiger partial charge is 0.336 e. The highest BCUT2D eigenvalue weighted by atomic mass is 79.9. The molecular formula is C15H18BrF3N2O. The Morgan fingerprint density at radius 3 is 2.27 bits per heavy atom. The van der Waals surface area contributed by atoms with Crippen LogP contribution < -0.4 is 0 Å². The van der Waals surface area contributed by atoms with Gasteiger partial charge >= 0.3 is 6.18 Å². The maximum Gasteiger partial charge on any atom is 0.416 e. The van der Waals surface area contributed by atoms with Gasteiger partial charge in [-0.15, -0.1) is 0 Å². The first kappa shape index (κ1) is 17.3. The number of rotatable bonds is 2. The van der Waals surface area contributed by atoms with Gasteiger partial charge in [-0.2, -0.15) is 13.2 Å². The van der Waals surface area contributed by atoms with Crippen LogP contribution in [0, 0.1) is 0 Å². The number of piperazine rings is 1. The van der Waals surface area contributed by atoms with Crippen molar-refractivity contribution in [2.24, 2.45) is 0 Å². The molecule has 1 aliphatic rings. The second-order valence-corrected chi connectivity index (χ2v) is 6.47. The summed E-state index contributed by atoms with van der Waals surface area (Å²) in [5.74, 6) is -0.360. The van der Waals surface area contributed by atoms with Crippen LogP contribution >= 0.6 is 15.9 Å². The molecule has 1 fully saturated rings. The van der Waals surface area contributed by atoms with E-state index < -0.39 is 11.7 Å². The lowest BCUT2D eigenvalue weighted by Crippen LogP contribution is -2.50. The number of hydrogen-bond donors (Lipinski definition) is 0. The zero-order valence-electron chi connectivity index (χ0n) is 12.5. The van der Waals surface area contributed by atoms with Crippen LogP contribution in [0.15, 0.2) is 22.7 Å². The van der Waals surface area contributed by atoms with Gasteiger partial charge in [-0.25, -0.2) is 0 Å². The van der Waals surface area contributed by atoms with Crippen molar-refractivity contribution in [1.29, 1.82) is 0 Å². The second kappa shape index (κ2) is 6.58. The summed E-state index contributed by atoms with van der Waals surface area (Å²) in [5.41, 5.74) is -0.743. The number of benzene rings is 1. The SMILES string of the molecule is CC(C)N1CCN(C(=O)c2cc(C(F)(F)F)ccc2Br)CC1. The largest absolute Gasteiger partial charge is 0.416 e. The Balaban J connectivity index is 2.17. The predicted octanol–water partition coefficient (Wildman–Crippen LogP) is 3.63. The van der Waals surface area contributed by atoms with E-state index in [-0.39, 0.29) is 11.5 Å². The molecule has 2 rings (SSSR count). The van der Waals surface area contributed by atoms with E-state index in [9.17, 15) is 18.0 Å². The first-order chi connectivity index (χ1) is 10.2. The molecule has 0 saturated carbocycles. The molecule has 0 aromatic heterocycles. The molecule has 1 saturated heterocycles. The van der Waals surface area contributed by atoms with E-state index >= 15 is 0 Å². The molecule has 122 valence electrons. The predicted molar refractivity (Wildman–Crippen MR) is 81.8 cm³/mol. The van der Waals surface area contributed by atoms with Crippen LogP contribution in [0.3, 0.4) is 0 Å². The standard InChI is InChI=1S/C15H18BrF3N2O/c1-10(2)20-5-7-21(8-6-20)14(22)12-9-11(15(17,18)19)3-4-13(12)16/h3-4,9-10H,5-8H2,1-2H3. The van der Waals surface area contributed by atoms with Crippen LogP contribution in [0.1, 0.15) is 29.8 Å². The van der Waals surface area contributed by atoms with Crippen molar-refractivity contribution in [2.75, 3.05) is 26.2 Å². The zero-order chi connectivity index (χ0) is 16.5. The van der Waals surface area contributed by atoms with Gasteiger partial charge in [-0.3, -0.25) is 9.69 Å². The summed E-state index contributed by atoms with van der Waals surface area (Å²) in [7, 11) is 0. The highest BCUT2D eigenvalue weighted by Crippen LogP contribution is 2.32. The van der Waals surface area contributed by atoms with E-state index in [2.05, 4.69) is 34.7 Å². The molecule has 0 N–H and O–H groups in total. The quantitative estimate of drug-likeness (QED) is 0.784. The number of amides is 1. The Morgan fingerprint density at radius 1 is 1.18 bits per heavy atom.